The van der Waals surface area contributed by atoms with Gasteiger partial charge in [0, 0.05) is 30.6 Å². The van der Waals surface area contributed by atoms with Gasteiger partial charge in [0.25, 0.3) is 0 Å². The molecule has 2 N–H and O–H groups in total. The van der Waals surface area contributed by atoms with E-state index in [1.54, 1.807) is 11.3 Å². The van der Waals surface area contributed by atoms with Crippen LogP contribution in [-0.4, -0.2) is 36.4 Å². The smallest absolute Gasteiger partial charge is 0.139 e. The van der Waals surface area contributed by atoms with Gasteiger partial charge in [0.1, 0.15) is 16.7 Å². The number of hydrogen-bond donors (Lipinski definition) is 2. The maximum Gasteiger partial charge on any atom is 0.139 e. The average molecular weight is 407 g/mol. The van der Waals surface area contributed by atoms with E-state index in [0.29, 0.717) is 6.04 Å². The summed E-state index contributed by atoms with van der Waals surface area (Å²) in [6, 6.07) is 17.6. The quantitative estimate of drug-likeness (QED) is 0.639. The molecule has 29 heavy (non-hydrogen) atoms. The number of thiophene rings is 1. The number of nitrogens with one attached hydrogen (secondary N) is 2. The number of hydrogen-bond acceptors (Lipinski definition) is 5. The second kappa shape index (κ2) is 7.61. The van der Waals surface area contributed by atoms with Crippen molar-refractivity contribution in [3.63, 3.8) is 0 Å². The van der Waals surface area contributed by atoms with Gasteiger partial charge in [0.05, 0.1) is 16.9 Å². The molecule has 3 aromatic rings. The molecule has 2 aromatic carbocycles. The fourth-order valence-electron chi connectivity index (χ4n) is 4.05. The van der Waals surface area contributed by atoms with Gasteiger partial charge in [0.2, 0.25) is 0 Å². The van der Waals surface area contributed by atoms with Crippen LogP contribution in [0, 0.1) is 12.7 Å². The largest absolute Gasteiger partial charge is 0.353 e. The molecular weight excluding hydrogens is 383 g/mol. The van der Waals surface area contributed by atoms with Gasteiger partial charge < -0.3 is 15.5 Å². The third-order valence-electron chi connectivity index (χ3n) is 5.43. The van der Waals surface area contributed by atoms with Gasteiger partial charge in [-0.15, -0.1) is 11.3 Å². The van der Waals surface area contributed by atoms with E-state index in [-0.39, 0.29) is 5.82 Å². The Balaban J connectivity index is 1.45. The van der Waals surface area contributed by atoms with Crippen LogP contribution in [0.3, 0.4) is 0 Å². The number of para-hydroxylation sites is 2. The lowest BCUT2D eigenvalue weighted by Gasteiger charge is -2.36. The molecule has 5 rings (SSSR count). The van der Waals surface area contributed by atoms with E-state index in [1.165, 1.54) is 22.6 Å². The summed E-state index contributed by atoms with van der Waals surface area (Å²) in [5.41, 5.74) is 4.33. The number of piperazine rings is 1. The summed E-state index contributed by atoms with van der Waals surface area (Å²) in [6.45, 7) is 4.82. The summed E-state index contributed by atoms with van der Waals surface area (Å²) in [5, 5.41) is 8.34. The van der Waals surface area contributed by atoms with Crippen molar-refractivity contribution >= 4 is 33.5 Å². The molecule has 1 atom stereocenters. The van der Waals surface area contributed by atoms with Gasteiger partial charge in [0.15, 0.2) is 0 Å². The second-order valence-corrected chi connectivity index (χ2v) is 8.86. The predicted molar refractivity (Wildman–Crippen MR) is 118 cm³/mol. The number of amidine groups is 1. The van der Waals surface area contributed by atoms with E-state index in [2.05, 4.69) is 40.7 Å². The zero-order valence-electron chi connectivity index (χ0n) is 16.3. The lowest BCUT2D eigenvalue weighted by molar-refractivity contribution is 0.290. The summed E-state index contributed by atoms with van der Waals surface area (Å²) < 4.78 is 13.2. The molecule has 2 aliphatic heterocycles. The Morgan fingerprint density at radius 2 is 2.00 bits per heavy atom. The van der Waals surface area contributed by atoms with E-state index in [4.69, 9.17) is 4.99 Å². The number of fused-ring (bicyclic) bond motifs is 2. The van der Waals surface area contributed by atoms with E-state index in [1.807, 2.05) is 24.3 Å². The highest BCUT2D eigenvalue weighted by Crippen LogP contribution is 2.39. The van der Waals surface area contributed by atoms with Gasteiger partial charge in [-0.25, -0.2) is 9.38 Å². The van der Waals surface area contributed by atoms with Gasteiger partial charge in [-0.05, 0) is 49.2 Å². The fraction of sp³-hybridized carbons (Fsp3) is 0.261. The average Bonchev–Trinajstić information content (AvgIpc) is 3.01. The van der Waals surface area contributed by atoms with Crippen molar-refractivity contribution in [3.8, 4) is 0 Å². The summed E-state index contributed by atoms with van der Waals surface area (Å²) in [7, 11) is 0. The minimum atomic E-state index is -0.189. The Labute approximate surface area is 174 Å². The van der Waals surface area contributed by atoms with Crippen LogP contribution in [0.1, 0.15) is 16.0 Å². The molecule has 148 valence electrons. The van der Waals surface area contributed by atoms with Crippen LogP contribution < -0.4 is 10.6 Å². The summed E-state index contributed by atoms with van der Waals surface area (Å²) in [6.07, 6.45) is 0.869. The summed E-state index contributed by atoms with van der Waals surface area (Å²) in [4.78, 5) is 8.74. The first-order chi connectivity index (χ1) is 14.2. The van der Waals surface area contributed by atoms with Crippen LogP contribution in [0.5, 0.6) is 0 Å². The number of aryl methyl sites for hydroxylation is 1. The zero-order valence-corrected chi connectivity index (χ0v) is 17.1. The topological polar surface area (TPSA) is 39.7 Å². The zero-order chi connectivity index (χ0) is 19.8. The minimum absolute atomic E-state index is 0.189. The van der Waals surface area contributed by atoms with Crippen molar-refractivity contribution < 1.29 is 4.39 Å². The molecule has 0 radical (unpaired) electrons. The summed E-state index contributed by atoms with van der Waals surface area (Å²) in [5.74, 6) is 0.846. The van der Waals surface area contributed by atoms with Crippen molar-refractivity contribution in [1.82, 2.24) is 10.2 Å². The number of nitrogens with zero attached hydrogens (tertiary/aromatic N) is 2. The molecule has 0 saturated carbocycles. The van der Waals surface area contributed by atoms with Crippen molar-refractivity contribution in [2.24, 2.45) is 4.99 Å². The lowest BCUT2D eigenvalue weighted by Crippen LogP contribution is -2.53. The molecule has 0 aliphatic carbocycles. The van der Waals surface area contributed by atoms with Crippen molar-refractivity contribution in [3.05, 3.63) is 76.4 Å². The fourth-order valence-corrected chi connectivity index (χ4v) is 4.97. The maximum absolute atomic E-state index is 13.2. The molecule has 1 aromatic heterocycles. The molecule has 6 heteroatoms. The van der Waals surface area contributed by atoms with E-state index >= 15 is 0 Å². The molecule has 1 saturated heterocycles. The van der Waals surface area contributed by atoms with Crippen LogP contribution in [0.2, 0.25) is 0 Å². The number of anilines is 2. The molecule has 1 unspecified atom stereocenters. The highest BCUT2D eigenvalue weighted by Gasteiger charge is 2.27. The Bertz CT molecular complexity index is 1060. The van der Waals surface area contributed by atoms with Crippen LogP contribution in [0.15, 0.2) is 59.6 Å². The van der Waals surface area contributed by atoms with Gasteiger partial charge in [-0.1, -0.05) is 24.3 Å². The first-order valence-electron chi connectivity index (χ1n) is 9.94. The second-order valence-electron chi connectivity index (χ2n) is 7.61. The maximum atomic E-state index is 13.2. The molecule has 2 aliphatic rings. The highest BCUT2D eigenvalue weighted by atomic mass is 32.1. The van der Waals surface area contributed by atoms with Gasteiger partial charge in [-0.2, -0.15) is 0 Å². The number of rotatable bonds is 2. The molecule has 3 heterocycles. The van der Waals surface area contributed by atoms with Crippen LogP contribution >= 0.6 is 11.3 Å². The molecular formula is C23H23FN4S. The normalized spacial score (nSPS) is 18.3. The van der Waals surface area contributed by atoms with Crippen molar-refractivity contribution in [2.75, 3.05) is 25.0 Å². The number of benzene rings is 2. The Kier molecular flexibility index (Phi) is 4.81. The lowest BCUT2D eigenvalue weighted by atomic mass is 10.0. The third kappa shape index (κ3) is 3.78. The molecule has 0 amide bonds. The first-order valence-corrected chi connectivity index (χ1v) is 10.8. The predicted octanol–water partition coefficient (Wildman–Crippen LogP) is 4.85. The van der Waals surface area contributed by atoms with Crippen LogP contribution in [0.4, 0.5) is 20.8 Å². The Hall–Kier alpha value is -2.70. The molecule has 0 spiro atoms. The van der Waals surface area contributed by atoms with Crippen molar-refractivity contribution in [2.45, 2.75) is 19.4 Å². The van der Waals surface area contributed by atoms with Crippen LogP contribution in [0.25, 0.3) is 0 Å². The number of halogens is 1. The standard InChI is InChI=1S/C23H23FN4S/c1-15-12-19-22(26-20-4-2-3-5-21(20)27-23(19)29-15)28-11-10-25-18(14-28)13-16-6-8-17(24)9-7-16/h2-9,12,18,25,27H,10-11,13-14H2,1H3. The van der Waals surface area contributed by atoms with E-state index < -0.39 is 0 Å². The molecule has 0 bridgehead atoms. The van der Waals surface area contributed by atoms with E-state index in [0.717, 1.165) is 53.8 Å². The third-order valence-corrected chi connectivity index (χ3v) is 6.39. The highest BCUT2D eigenvalue weighted by molar-refractivity contribution is 7.16. The minimum Gasteiger partial charge on any atom is -0.353 e. The van der Waals surface area contributed by atoms with Gasteiger partial charge in [-0.3, -0.25) is 0 Å². The Morgan fingerprint density at radius 3 is 2.86 bits per heavy atom. The van der Waals surface area contributed by atoms with Crippen molar-refractivity contribution in [1.29, 1.82) is 0 Å². The van der Waals surface area contributed by atoms with E-state index in [9.17, 15) is 4.39 Å². The Morgan fingerprint density at radius 1 is 1.17 bits per heavy atom. The monoisotopic (exact) mass is 406 g/mol. The number of aliphatic imine (C=N–C) groups is 1. The van der Waals surface area contributed by atoms with Crippen LogP contribution in [-0.2, 0) is 6.42 Å². The summed E-state index contributed by atoms with van der Waals surface area (Å²) >= 11 is 1.77. The molecule has 1 fully saturated rings. The SMILES string of the molecule is Cc1cc2c(s1)Nc1ccccc1N=C2N1CCNC(Cc2ccc(F)cc2)C1. The first kappa shape index (κ1) is 18.3. The molecule has 4 nitrogen and oxygen atoms in total. The van der Waals surface area contributed by atoms with Gasteiger partial charge >= 0.3 is 0 Å².